The average Bonchev–Trinajstić information content (AvgIpc) is 3.08. The highest BCUT2D eigenvalue weighted by Crippen LogP contribution is 2.35. The van der Waals surface area contributed by atoms with Gasteiger partial charge in [0, 0.05) is 13.0 Å². The molecule has 2 heterocycles. The van der Waals surface area contributed by atoms with Crippen LogP contribution in [0.5, 0.6) is 0 Å². The Hall–Kier alpha value is -1.20. The smallest absolute Gasteiger partial charge is 0.191 e. The zero-order valence-electron chi connectivity index (χ0n) is 11.2. The van der Waals surface area contributed by atoms with Crippen molar-refractivity contribution in [2.75, 3.05) is 6.54 Å². The predicted octanol–water partition coefficient (Wildman–Crippen LogP) is 2.78. The Morgan fingerprint density at radius 3 is 2.79 bits per heavy atom. The summed E-state index contributed by atoms with van der Waals surface area (Å²) in [7, 11) is 2.01. The summed E-state index contributed by atoms with van der Waals surface area (Å²) in [6.45, 7) is 0.825. The number of rotatable bonds is 3. The van der Waals surface area contributed by atoms with Gasteiger partial charge >= 0.3 is 0 Å². The summed E-state index contributed by atoms with van der Waals surface area (Å²) in [6, 6.07) is 4.12. The molecule has 0 aromatic carbocycles. The Balaban J connectivity index is 1.78. The quantitative estimate of drug-likeness (QED) is 0.938. The monoisotopic (exact) mass is 276 g/mol. The highest BCUT2D eigenvalue weighted by molar-refractivity contribution is 7.13. The molecular formula is C14H20N4S. The second-order valence-corrected chi connectivity index (χ2v) is 6.30. The maximum Gasteiger partial charge on any atom is 0.191 e. The van der Waals surface area contributed by atoms with Crippen LogP contribution in [0.4, 0.5) is 0 Å². The number of hydrogen-bond donors (Lipinski definition) is 1. The fraction of sp³-hybridized carbons (Fsp3) is 0.571. The van der Waals surface area contributed by atoms with Crippen molar-refractivity contribution < 1.29 is 0 Å². The number of aromatic nitrogens is 3. The molecule has 2 aromatic heterocycles. The lowest BCUT2D eigenvalue weighted by molar-refractivity contribution is 0.320. The number of aryl methyl sites for hydroxylation is 1. The Bertz CT molecular complexity index is 524. The summed E-state index contributed by atoms with van der Waals surface area (Å²) in [6.07, 6.45) is 4.83. The van der Waals surface area contributed by atoms with Gasteiger partial charge in [-0.25, -0.2) is 4.98 Å². The lowest BCUT2D eigenvalue weighted by atomic mass is 9.81. The SMILES string of the molecule is Cn1nc(-c2cccs2)nc1C1CCC(CN)CC1. The van der Waals surface area contributed by atoms with Crippen molar-refractivity contribution in [2.45, 2.75) is 31.6 Å². The molecular weight excluding hydrogens is 256 g/mol. The van der Waals surface area contributed by atoms with Crippen LogP contribution in [0.25, 0.3) is 10.7 Å². The topological polar surface area (TPSA) is 56.7 Å². The molecule has 1 fully saturated rings. The van der Waals surface area contributed by atoms with E-state index in [0.717, 1.165) is 23.1 Å². The summed E-state index contributed by atoms with van der Waals surface area (Å²) in [4.78, 5) is 5.91. The lowest BCUT2D eigenvalue weighted by Crippen LogP contribution is -2.22. The van der Waals surface area contributed by atoms with Gasteiger partial charge in [-0.1, -0.05) is 6.07 Å². The van der Waals surface area contributed by atoms with Gasteiger partial charge in [0.05, 0.1) is 4.88 Å². The molecule has 1 aliphatic rings. The molecule has 2 aromatic rings. The third kappa shape index (κ3) is 2.58. The first-order valence-electron chi connectivity index (χ1n) is 6.92. The van der Waals surface area contributed by atoms with Crippen LogP contribution in [0.3, 0.4) is 0 Å². The molecule has 5 heteroatoms. The third-order valence-electron chi connectivity index (χ3n) is 4.08. The van der Waals surface area contributed by atoms with E-state index >= 15 is 0 Å². The summed E-state index contributed by atoms with van der Waals surface area (Å²) in [5, 5.41) is 6.63. The summed E-state index contributed by atoms with van der Waals surface area (Å²) < 4.78 is 1.96. The Labute approximate surface area is 117 Å². The molecule has 1 saturated carbocycles. The summed E-state index contributed by atoms with van der Waals surface area (Å²) in [5.74, 6) is 3.27. The van der Waals surface area contributed by atoms with Crippen molar-refractivity contribution >= 4 is 11.3 Å². The summed E-state index contributed by atoms with van der Waals surface area (Å²) >= 11 is 1.69. The second kappa shape index (κ2) is 5.43. The van der Waals surface area contributed by atoms with Gasteiger partial charge in [-0.05, 0) is 49.6 Å². The van der Waals surface area contributed by atoms with Crippen LogP contribution >= 0.6 is 11.3 Å². The highest BCUT2D eigenvalue weighted by atomic mass is 32.1. The van der Waals surface area contributed by atoms with E-state index in [1.807, 2.05) is 17.8 Å². The minimum Gasteiger partial charge on any atom is -0.330 e. The number of hydrogen-bond acceptors (Lipinski definition) is 4. The molecule has 2 N–H and O–H groups in total. The number of nitrogens with zero attached hydrogens (tertiary/aromatic N) is 3. The molecule has 19 heavy (non-hydrogen) atoms. The van der Waals surface area contributed by atoms with Crippen LogP contribution in [0.2, 0.25) is 0 Å². The number of nitrogens with two attached hydrogens (primary N) is 1. The van der Waals surface area contributed by atoms with E-state index in [1.54, 1.807) is 11.3 Å². The summed E-state index contributed by atoms with van der Waals surface area (Å²) in [5.41, 5.74) is 5.75. The molecule has 0 radical (unpaired) electrons. The van der Waals surface area contributed by atoms with Gasteiger partial charge in [0.1, 0.15) is 5.82 Å². The van der Waals surface area contributed by atoms with Gasteiger partial charge in [-0.15, -0.1) is 11.3 Å². The normalized spacial score (nSPS) is 23.7. The maximum atomic E-state index is 5.75. The van der Waals surface area contributed by atoms with Crippen molar-refractivity contribution in [2.24, 2.45) is 18.7 Å². The van der Waals surface area contributed by atoms with Crippen LogP contribution in [0, 0.1) is 5.92 Å². The molecule has 0 aliphatic heterocycles. The second-order valence-electron chi connectivity index (χ2n) is 5.35. The van der Waals surface area contributed by atoms with Crippen molar-refractivity contribution in [3.05, 3.63) is 23.3 Å². The van der Waals surface area contributed by atoms with Crippen LogP contribution in [-0.2, 0) is 7.05 Å². The predicted molar refractivity (Wildman–Crippen MR) is 78.1 cm³/mol. The minimum absolute atomic E-state index is 0.550. The molecule has 0 spiro atoms. The first-order chi connectivity index (χ1) is 9.28. The maximum absolute atomic E-state index is 5.75. The Morgan fingerprint density at radius 1 is 1.37 bits per heavy atom. The van der Waals surface area contributed by atoms with E-state index in [4.69, 9.17) is 10.7 Å². The molecule has 0 bridgehead atoms. The Kier molecular flexibility index (Phi) is 3.66. The van der Waals surface area contributed by atoms with E-state index in [-0.39, 0.29) is 0 Å². The zero-order valence-corrected chi connectivity index (χ0v) is 12.1. The molecule has 0 atom stereocenters. The van der Waals surface area contributed by atoms with Gasteiger partial charge in [0.25, 0.3) is 0 Å². The first kappa shape index (κ1) is 12.8. The van der Waals surface area contributed by atoms with Crippen molar-refractivity contribution in [1.82, 2.24) is 14.8 Å². The van der Waals surface area contributed by atoms with Gasteiger partial charge < -0.3 is 5.73 Å². The fourth-order valence-electron chi connectivity index (χ4n) is 2.92. The molecule has 0 saturated heterocycles. The minimum atomic E-state index is 0.550. The van der Waals surface area contributed by atoms with E-state index in [9.17, 15) is 0 Å². The van der Waals surface area contributed by atoms with E-state index < -0.39 is 0 Å². The van der Waals surface area contributed by atoms with E-state index in [1.165, 1.54) is 25.7 Å². The van der Waals surface area contributed by atoms with Crippen molar-refractivity contribution in [3.8, 4) is 10.7 Å². The fourth-order valence-corrected chi connectivity index (χ4v) is 3.57. The van der Waals surface area contributed by atoms with Gasteiger partial charge in [-0.2, -0.15) is 5.10 Å². The molecule has 4 nitrogen and oxygen atoms in total. The van der Waals surface area contributed by atoms with Crippen molar-refractivity contribution in [1.29, 1.82) is 0 Å². The van der Waals surface area contributed by atoms with Gasteiger partial charge in [0.15, 0.2) is 5.82 Å². The van der Waals surface area contributed by atoms with Crippen LogP contribution in [0.15, 0.2) is 17.5 Å². The number of thiophene rings is 1. The standard InChI is InChI=1S/C14H20N4S/c1-18-14(11-6-4-10(9-15)5-7-11)16-13(17-18)12-3-2-8-19-12/h2-3,8,10-11H,4-7,9,15H2,1H3. The average molecular weight is 276 g/mol. The molecule has 0 unspecified atom stereocenters. The molecule has 102 valence electrons. The molecule has 3 rings (SSSR count). The van der Waals surface area contributed by atoms with Crippen LogP contribution in [0.1, 0.15) is 37.4 Å². The largest absolute Gasteiger partial charge is 0.330 e. The molecule has 0 amide bonds. The third-order valence-corrected chi connectivity index (χ3v) is 4.95. The molecule has 1 aliphatic carbocycles. The first-order valence-corrected chi connectivity index (χ1v) is 7.80. The highest BCUT2D eigenvalue weighted by Gasteiger charge is 2.25. The van der Waals surface area contributed by atoms with E-state index in [0.29, 0.717) is 11.8 Å². The van der Waals surface area contributed by atoms with Crippen LogP contribution < -0.4 is 5.73 Å². The van der Waals surface area contributed by atoms with Crippen LogP contribution in [-0.4, -0.2) is 21.3 Å². The van der Waals surface area contributed by atoms with Gasteiger partial charge in [-0.3, -0.25) is 4.68 Å². The van der Waals surface area contributed by atoms with Crippen molar-refractivity contribution in [3.63, 3.8) is 0 Å². The van der Waals surface area contributed by atoms with Gasteiger partial charge in [0.2, 0.25) is 0 Å². The van der Waals surface area contributed by atoms with E-state index in [2.05, 4.69) is 16.5 Å². The Morgan fingerprint density at radius 2 is 2.16 bits per heavy atom. The zero-order chi connectivity index (χ0) is 13.2. The lowest BCUT2D eigenvalue weighted by Gasteiger charge is -2.26.